The van der Waals surface area contributed by atoms with E-state index in [1.165, 1.54) is 38.5 Å². The van der Waals surface area contributed by atoms with Crippen molar-refractivity contribution >= 4 is 21.6 Å². The van der Waals surface area contributed by atoms with Gasteiger partial charge >= 0.3 is 0 Å². The second-order valence-electron chi connectivity index (χ2n) is 7.37. The molecule has 0 aliphatic carbocycles. The van der Waals surface area contributed by atoms with E-state index in [4.69, 9.17) is 4.42 Å². The molecule has 0 radical (unpaired) electrons. The van der Waals surface area contributed by atoms with Crippen LogP contribution in [0.4, 0.5) is 10.1 Å². The molecule has 0 saturated heterocycles. The molecule has 3 rings (SSSR count). The Hall–Kier alpha value is -3.04. The highest BCUT2D eigenvalue weighted by molar-refractivity contribution is 7.89. The Morgan fingerprint density at radius 2 is 1.84 bits per heavy atom. The number of hydrogen-bond donors (Lipinski definition) is 1. The Labute approximate surface area is 181 Å². The van der Waals surface area contributed by atoms with Crippen LogP contribution in [0.5, 0.6) is 0 Å². The number of rotatable bonds is 7. The van der Waals surface area contributed by atoms with Crippen molar-refractivity contribution in [1.29, 1.82) is 0 Å². The highest BCUT2D eigenvalue weighted by Gasteiger charge is 2.20. The minimum Gasteiger partial charge on any atom is -0.441 e. The maximum atomic E-state index is 13.1. The van der Waals surface area contributed by atoms with Crippen molar-refractivity contribution in [3.05, 3.63) is 65.4 Å². The van der Waals surface area contributed by atoms with Gasteiger partial charge < -0.3 is 9.73 Å². The molecule has 31 heavy (non-hydrogen) atoms. The van der Waals surface area contributed by atoms with Gasteiger partial charge in [0, 0.05) is 38.2 Å². The normalized spacial score (nSPS) is 11.7. The highest BCUT2D eigenvalue weighted by Crippen LogP contribution is 2.26. The first kappa shape index (κ1) is 22.6. The highest BCUT2D eigenvalue weighted by atomic mass is 32.2. The van der Waals surface area contributed by atoms with E-state index in [0.717, 1.165) is 15.4 Å². The Bertz CT molecular complexity index is 1200. The third-order valence-corrected chi connectivity index (χ3v) is 6.73. The molecule has 3 aromatic rings. The van der Waals surface area contributed by atoms with Gasteiger partial charge in [0.15, 0.2) is 11.7 Å². The molecule has 0 aliphatic heterocycles. The Morgan fingerprint density at radius 3 is 2.48 bits per heavy atom. The van der Waals surface area contributed by atoms with Crippen LogP contribution in [0, 0.1) is 19.7 Å². The topological polar surface area (TPSA) is 92.5 Å². The summed E-state index contributed by atoms with van der Waals surface area (Å²) < 4.78 is 44.7. The first-order valence-corrected chi connectivity index (χ1v) is 11.1. The zero-order valence-corrected chi connectivity index (χ0v) is 18.6. The van der Waals surface area contributed by atoms with Crippen LogP contribution in [-0.4, -0.2) is 37.7 Å². The molecule has 0 spiro atoms. The van der Waals surface area contributed by atoms with E-state index in [2.05, 4.69) is 10.3 Å². The number of oxazole rings is 1. The van der Waals surface area contributed by atoms with Crippen molar-refractivity contribution in [3.63, 3.8) is 0 Å². The van der Waals surface area contributed by atoms with E-state index in [0.29, 0.717) is 22.9 Å². The van der Waals surface area contributed by atoms with E-state index in [9.17, 15) is 17.6 Å². The van der Waals surface area contributed by atoms with Gasteiger partial charge in [-0.2, -0.15) is 0 Å². The summed E-state index contributed by atoms with van der Waals surface area (Å²) in [7, 11) is -0.707. The van der Waals surface area contributed by atoms with Crippen molar-refractivity contribution in [2.45, 2.75) is 31.6 Å². The zero-order chi connectivity index (χ0) is 22.8. The van der Waals surface area contributed by atoms with Crippen molar-refractivity contribution in [3.8, 4) is 11.3 Å². The number of carbonyl (C=O) groups excluding carboxylic acids is 1. The molecule has 0 aliphatic rings. The molecular formula is C22H24FN3O4S. The smallest absolute Gasteiger partial charge is 0.242 e. The van der Waals surface area contributed by atoms with E-state index >= 15 is 0 Å². The fraction of sp³-hybridized carbons (Fsp3) is 0.273. The fourth-order valence-electron chi connectivity index (χ4n) is 2.92. The second-order valence-corrected chi connectivity index (χ2v) is 9.53. The lowest BCUT2D eigenvalue weighted by molar-refractivity contribution is -0.116. The molecule has 0 fully saturated rings. The maximum Gasteiger partial charge on any atom is 0.242 e. The fourth-order valence-corrected chi connectivity index (χ4v) is 3.94. The number of halogens is 1. The van der Waals surface area contributed by atoms with Crippen LogP contribution in [0.15, 0.2) is 51.9 Å². The molecule has 1 aromatic heterocycles. The predicted molar refractivity (Wildman–Crippen MR) is 116 cm³/mol. The largest absolute Gasteiger partial charge is 0.441 e. The number of carbonyl (C=O) groups is 1. The summed E-state index contributed by atoms with van der Waals surface area (Å²) >= 11 is 0. The monoisotopic (exact) mass is 445 g/mol. The van der Waals surface area contributed by atoms with Gasteiger partial charge in [-0.3, -0.25) is 4.79 Å². The molecule has 0 bridgehead atoms. The molecule has 164 valence electrons. The summed E-state index contributed by atoms with van der Waals surface area (Å²) in [6, 6.07) is 8.90. The number of anilines is 1. The van der Waals surface area contributed by atoms with Gasteiger partial charge in [0.25, 0.3) is 0 Å². The SMILES string of the molecule is Cc1cc(S(=O)(=O)N(C)C)cc(NC(=O)CCc2ncc(-c3ccc(F)cc3)o2)c1C. The van der Waals surface area contributed by atoms with E-state index in [-0.39, 0.29) is 29.5 Å². The minimum absolute atomic E-state index is 0.104. The first-order valence-electron chi connectivity index (χ1n) is 9.62. The van der Waals surface area contributed by atoms with Gasteiger partial charge in [0.1, 0.15) is 5.82 Å². The van der Waals surface area contributed by atoms with E-state index in [1.807, 2.05) is 6.92 Å². The molecule has 0 atom stereocenters. The number of hydrogen-bond acceptors (Lipinski definition) is 5. The van der Waals surface area contributed by atoms with Gasteiger partial charge in [0.05, 0.1) is 11.1 Å². The van der Waals surface area contributed by atoms with Gasteiger partial charge in [-0.15, -0.1) is 0 Å². The number of aromatic nitrogens is 1. The predicted octanol–water partition coefficient (Wildman–Crippen LogP) is 3.92. The quantitative estimate of drug-likeness (QED) is 0.595. The average Bonchev–Trinajstić information content (AvgIpc) is 3.19. The molecule has 1 heterocycles. The third-order valence-electron chi connectivity index (χ3n) is 4.94. The van der Waals surface area contributed by atoms with Gasteiger partial charge in [0.2, 0.25) is 15.9 Å². The molecule has 9 heteroatoms. The summed E-state index contributed by atoms with van der Waals surface area (Å²) in [4.78, 5) is 16.8. The summed E-state index contributed by atoms with van der Waals surface area (Å²) in [6.45, 7) is 3.61. The maximum absolute atomic E-state index is 13.1. The molecule has 0 unspecified atom stereocenters. The summed E-state index contributed by atoms with van der Waals surface area (Å²) in [5, 5.41) is 2.78. The molecule has 7 nitrogen and oxygen atoms in total. The molecule has 1 amide bonds. The van der Waals surface area contributed by atoms with Crippen LogP contribution in [0.1, 0.15) is 23.4 Å². The number of aryl methyl sites for hydroxylation is 2. The minimum atomic E-state index is -3.62. The standard InChI is InChI=1S/C22H24FN3O4S/c1-14-11-18(31(28,29)26(3)4)12-19(15(14)2)25-21(27)9-10-22-24-13-20(30-22)16-5-7-17(23)8-6-16/h5-8,11-13H,9-10H2,1-4H3,(H,25,27). The average molecular weight is 446 g/mol. The molecular weight excluding hydrogens is 421 g/mol. The number of nitrogens with one attached hydrogen (secondary N) is 1. The Morgan fingerprint density at radius 1 is 1.16 bits per heavy atom. The summed E-state index contributed by atoms with van der Waals surface area (Å²) in [6.07, 6.45) is 1.90. The summed E-state index contributed by atoms with van der Waals surface area (Å²) in [5.41, 5.74) is 2.69. The van der Waals surface area contributed by atoms with Crippen LogP contribution in [0.25, 0.3) is 11.3 Å². The zero-order valence-electron chi connectivity index (χ0n) is 17.8. The van der Waals surface area contributed by atoms with Crippen LogP contribution in [0.2, 0.25) is 0 Å². The van der Waals surface area contributed by atoms with Gasteiger partial charge in [-0.1, -0.05) is 0 Å². The van der Waals surface area contributed by atoms with Crippen LogP contribution in [0.3, 0.4) is 0 Å². The lowest BCUT2D eigenvalue weighted by Gasteiger charge is -2.16. The van der Waals surface area contributed by atoms with Crippen LogP contribution < -0.4 is 5.32 Å². The second kappa shape index (κ2) is 8.99. The summed E-state index contributed by atoms with van der Waals surface area (Å²) in [5.74, 6) is 0.242. The Kier molecular flexibility index (Phi) is 6.56. The van der Waals surface area contributed by atoms with Gasteiger partial charge in [-0.25, -0.2) is 22.1 Å². The number of benzene rings is 2. The first-order chi connectivity index (χ1) is 14.6. The number of amides is 1. The number of sulfonamides is 1. The van der Waals surface area contributed by atoms with Crippen molar-refractivity contribution in [2.24, 2.45) is 0 Å². The van der Waals surface area contributed by atoms with E-state index < -0.39 is 10.0 Å². The lowest BCUT2D eigenvalue weighted by atomic mass is 10.1. The Balaban J connectivity index is 1.69. The van der Waals surface area contributed by atoms with Gasteiger partial charge in [-0.05, 0) is 61.4 Å². The van der Waals surface area contributed by atoms with Crippen LogP contribution in [-0.2, 0) is 21.2 Å². The molecule has 2 aromatic carbocycles. The van der Waals surface area contributed by atoms with E-state index in [1.54, 1.807) is 25.1 Å². The van der Waals surface area contributed by atoms with Crippen molar-refractivity contribution < 1.29 is 22.0 Å². The third kappa shape index (κ3) is 5.18. The molecule has 1 N–H and O–H groups in total. The van der Waals surface area contributed by atoms with Crippen molar-refractivity contribution in [2.75, 3.05) is 19.4 Å². The van der Waals surface area contributed by atoms with Crippen LogP contribution >= 0.6 is 0 Å². The van der Waals surface area contributed by atoms with Crippen molar-refractivity contribution in [1.82, 2.24) is 9.29 Å². The number of nitrogens with zero attached hydrogens (tertiary/aromatic N) is 2. The lowest BCUT2D eigenvalue weighted by Crippen LogP contribution is -2.23. The molecule has 0 saturated carbocycles.